The maximum atomic E-state index is 12.5. The fourth-order valence-electron chi connectivity index (χ4n) is 1.09. The van der Waals surface area contributed by atoms with E-state index in [1.807, 2.05) is 0 Å². The molecule has 3 nitrogen and oxygen atoms in total. The first-order chi connectivity index (χ1) is 6.52. The number of hydrogen-bond acceptors (Lipinski definition) is 2. The number of halogens is 1. The number of aliphatic carboxylic acids is 1. The van der Waals surface area contributed by atoms with E-state index in [2.05, 4.69) is 0 Å². The van der Waals surface area contributed by atoms with Gasteiger partial charge in [-0.25, -0.2) is 9.18 Å². The lowest BCUT2D eigenvalue weighted by Crippen LogP contribution is -2.19. The number of rotatable bonds is 3. The van der Waals surface area contributed by atoms with Gasteiger partial charge in [-0.2, -0.15) is 0 Å². The maximum absolute atomic E-state index is 12.5. The van der Waals surface area contributed by atoms with Crippen LogP contribution >= 0.6 is 0 Å². The van der Waals surface area contributed by atoms with Gasteiger partial charge in [-0.3, -0.25) is 4.79 Å². The molecule has 0 radical (unpaired) electrons. The van der Waals surface area contributed by atoms with E-state index in [0.29, 0.717) is 5.56 Å². The molecule has 0 aliphatic rings. The maximum Gasteiger partial charge on any atom is 0.372 e. The zero-order valence-corrected chi connectivity index (χ0v) is 7.53. The van der Waals surface area contributed by atoms with Gasteiger partial charge in [0.25, 0.3) is 0 Å². The molecule has 0 saturated carbocycles. The molecule has 0 spiro atoms. The highest BCUT2D eigenvalue weighted by Crippen LogP contribution is 2.16. The van der Waals surface area contributed by atoms with E-state index in [4.69, 9.17) is 5.11 Å². The number of carboxylic acid groups (broad SMARTS) is 1. The molecule has 1 atom stereocenters. The third kappa shape index (κ3) is 2.16. The molecular formula is C10H9FO3. The van der Waals surface area contributed by atoms with Crippen LogP contribution in [0.4, 0.5) is 4.39 Å². The molecule has 1 aromatic rings. The molecule has 0 aliphatic carbocycles. The average molecular weight is 196 g/mol. The van der Waals surface area contributed by atoms with Crippen molar-refractivity contribution in [2.75, 3.05) is 0 Å². The van der Waals surface area contributed by atoms with Crippen LogP contribution in [0.15, 0.2) is 24.3 Å². The molecule has 1 unspecified atom stereocenters. The van der Waals surface area contributed by atoms with Crippen molar-refractivity contribution in [3.8, 4) is 0 Å². The summed E-state index contributed by atoms with van der Waals surface area (Å²) >= 11 is 0. The highest BCUT2D eigenvalue weighted by molar-refractivity contribution is 6.34. The summed E-state index contributed by atoms with van der Waals surface area (Å²) in [6, 6.07) is 5.20. The van der Waals surface area contributed by atoms with Gasteiger partial charge in [-0.1, -0.05) is 19.1 Å². The van der Waals surface area contributed by atoms with Crippen molar-refractivity contribution in [2.45, 2.75) is 12.8 Å². The molecule has 4 heteroatoms. The van der Waals surface area contributed by atoms with Crippen LogP contribution in [0.1, 0.15) is 18.4 Å². The van der Waals surface area contributed by atoms with Gasteiger partial charge in [-0.05, 0) is 17.7 Å². The minimum atomic E-state index is -1.47. The normalized spacial score (nSPS) is 12.1. The zero-order valence-electron chi connectivity index (χ0n) is 7.53. The molecule has 0 saturated heterocycles. The van der Waals surface area contributed by atoms with Gasteiger partial charge in [0, 0.05) is 0 Å². The largest absolute Gasteiger partial charge is 0.475 e. The Morgan fingerprint density at radius 1 is 1.29 bits per heavy atom. The minimum absolute atomic E-state index is 0.413. The Hall–Kier alpha value is -1.71. The smallest absolute Gasteiger partial charge is 0.372 e. The summed E-state index contributed by atoms with van der Waals surface area (Å²) < 4.78 is 12.5. The quantitative estimate of drug-likeness (QED) is 0.747. The van der Waals surface area contributed by atoms with Gasteiger partial charge in [0.2, 0.25) is 5.78 Å². The predicted octanol–water partition coefficient (Wildman–Crippen LogP) is 1.58. The van der Waals surface area contributed by atoms with E-state index in [1.54, 1.807) is 0 Å². The van der Waals surface area contributed by atoms with Gasteiger partial charge in [0.15, 0.2) is 0 Å². The highest BCUT2D eigenvalue weighted by Gasteiger charge is 2.21. The molecule has 0 aromatic heterocycles. The van der Waals surface area contributed by atoms with Crippen LogP contribution in [-0.2, 0) is 9.59 Å². The number of carbonyl (C=O) groups is 2. The van der Waals surface area contributed by atoms with Gasteiger partial charge in [-0.15, -0.1) is 0 Å². The van der Waals surface area contributed by atoms with Crippen LogP contribution in [0.2, 0.25) is 0 Å². The topological polar surface area (TPSA) is 54.4 Å². The van der Waals surface area contributed by atoms with E-state index in [1.165, 1.54) is 31.2 Å². The van der Waals surface area contributed by atoms with Crippen molar-refractivity contribution in [3.05, 3.63) is 35.6 Å². The van der Waals surface area contributed by atoms with Crippen LogP contribution in [0.25, 0.3) is 0 Å². The van der Waals surface area contributed by atoms with Crippen LogP contribution in [0.5, 0.6) is 0 Å². The fourth-order valence-corrected chi connectivity index (χ4v) is 1.09. The molecule has 14 heavy (non-hydrogen) atoms. The van der Waals surface area contributed by atoms with Crippen molar-refractivity contribution in [3.63, 3.8) is 0 Å². The van der Waals surface area contributed by atoms with Crippen molar-refractivity contribution >= 4 is 11.8 Å². The first-order valence-corrected chi connectivity index (χ1v) is 4.05. The molecule has 74 valence electrons. The van der Waals surface area contributed by atoms with E-state index in [-0.39, 0.29) is 0 Å². The second-order valence-electron chi connectivity index (χ2n) is 2.94. The SMILES string of the molecule is CC(C(=O)C(=O)O)c1ccc(F)cc1. The van der Waals surface area contributed by atoms with Gasteiger partial charge < -0.3 is 5.11 Å². The van der Waals surface area contributed by atoms with Gasteiger partial charge in [0.1, 0.15) is 5.82 Å². The lowest BCUT2D eigenvalue weighted by molar-refractivity contribution is -0.149. The highest BCUT2D eigenvalue weighted by atomic mass is 19.1. The Morgan fingerprint density at radius 2 is 1.79 bits per heavy atom. The summed E-state index contributed by atoms with van der Waals surface area (Å²) in [7, 11) is 0. The van der Waals surface area contributed by atoms with Gasteiger partial charge >= 0.3 is 5.97 Å². The summed E-state index contributed by atoms with van der Waals surface area (Å²) in [5.74, 6) is -3.52. The zero-order chi connectivity index (χ0) is 10.7. The Kier molecular flexibility index (Phi) is 2.96. The van der Waals surface area contributed by atoms with Crippen LogP contribution in [0.3, 0.4) is 0 Å². The lowest BCUT2D eigenvalue weighted by atomic mass is 9.97. The second kappa shape index (κ2) is 4.00. The monoisotopic (exact) mass is 196 g/mol. The summed E-state index contributed by atoms with van der Waals surface area (Å²) in [5.41, 5.74) is 0.499. The number of carboxylic acids is 1. The molecular weight excluding hydrogens is 187 g/mol. The fraction of sp³-hybridized carbons (Fsp3) is 0.200. The van der Waals surface area contributed by atoms with E-state index in [9.17, 15) is 14.0 Å². The Bertz CT molecular complexity index is 356. The third-order valence-electron chi connectivity index (χ3n) is 1.97. The Balaban J connectivity index is 2.89. The molecule has 1 aromatic carbocycles. The number of hydrogen-bond donors (Lipinski definition) is 1. The van der Waals surface area contributed by atoms with E-state index < -0.39 is 23.5 Å². The van der Waals surface area contributed by atoms with Crippen molar-refractivity contribution in [2.24, 2.45) is 0 Å². The number of ketones is 1. The third-order valence-corrected chi connectivity index (χ3v) is 1.97. The first-order valence-electron chi connectivity index (χ1n) is 4.05. The summed E-state index contributed by atoms with van der Waals surface area (Å²) in [6.45, 7) is 1.48. The van der Waals surface area contributed by atoms with Crippen LogP contribution in [-0.4, -0.2) is 16.9 Å². The summed E-state index contributed by atoms with van der Waals surface area (Å²) in [5, 5.41) is 8.44. The first kappa shape index (κ1) is 10.4. The second-order valence-corrected chi connectivity index (χ2v) is 2.94. The minimum Gasteiger partial charge on any atom is -0.475 e. The number of Topliss-reactive ketones (excluding diaryl/α,β-unsaturated/α-hetero) is 1. The van der Waals surface area contributed by atoms with Crippen molar-refractivity contribution < 1.29 is 19.1 Å². The molecule has 0 fully saturated rings. The standard InChI is InChI=1S/C10H9FO3/c1-6(9(12)10(13)14)7-2-4-8(11)5-3-7/h2-6H,1H3,(H,13,14). The molecule has 1 N–H and O–H groups in total. The summed E-state index contributed by atoms with van der Waals surface area (Å²) in [6.07, 6.45) is 0. The Labute approximate surface area is 80.2 Å². The summed E-state index contributed by atoms with van der Waals surface area (Å²) in [4.78, 5) is 21.4. The lowest BCUT2D eigenvalue weighted by Gasteiger charge is -2.06. The van der Waals surface area contributed by atoms with E-state index >= 15 is 0 Å². The van der Waals surface area contributed by atoms with Crippen molar-refractivity contribution in [1.82, 2.24) is 0 Å². The van der Waals surface area contributed by atoms with Crippen molar-refractivity contribution in [1.29, 1.82) is 0 Å². The van der Waals surface area contributed by atoms with Crippen LogP contribution < -0.4 is 0 Å². The molecule has 0 aliphatic heterocycles. The van der Waals surface area contributed by atoms with Gasteiger partial charge in [0.05, 0.1) is 5.92 Å². The molecule has 0 bridgehead atoms. The molecule has 0 amide bonds. The predicted molar refractivity (Wildman–Crippen MR) is 47.5 cm³/mol. The molecule has 0 heterocycles. The Morgan fingerprint density at radius 3 is 2.21 bits per heavy atom. The molecule has 1 rings (SSSR count). The number of benzene rings is 1. The van der Waals surface area contributed by atoms with E-state index in [0.717, 1.165) is 0 Å². The average Bonchev–Trinajstić information content (AvgIpc) is 2.16. The number of carbonyl (C=O) groups excluding carboxylic acids is 1. The van der Waals surface area contributed by atoms with Crippen LogP contribution in [0, 0.1) is 5.82 Å².